The van der Waals surface area contributed by atoms with Crippen LogP contribution in [0.25, 0.3) is 0 Å². The molecular weight excluding hydrogens is 196 g/mol. The van der Waals surface area contributed by atoms with Gasteiger partial charge in [-0.05, 0) is 12.8 Å². The molecule has 0 radical (unpaired) electrons. The molecule has 2 heterocycles. The van der Waals surface area contributed by atoms with Gasteiger partial charge in [-0.1, -0.05) is 0 Å². The molecule has 0 unspecified atom stereocenters. The third-order valence-electron chi connectivity index (χ3n) is 2.75. The number of aryl methyl sites for hydroxylation is 1. The Hall–Kier alpha value is -1.36. The molecule has 15 heavy (non-hydrogen) atoms. The van der Waals surface area contributed by atoms with E-state index in [0.717, 1.165) is 6.42 Å². The van der Waals surface area contributed by atoms with Crippen LogP contribution in [0.2, 0.25) is 0 Å². The highest BCUT2D eigenvalue weighted by molar-refractivity contribution is 5.71. The van der Waals surface area contributed by atoms with Gasteiger partial charge in [-0.15, -0.1) is 0 Å². The molecule has 0 amide bonds. The highest BCUT2D eigenvalue weighted by Crippen LogP contribution is 2.32. The molecule has 1 saturated heterocycles. The summed E-state index contributed by atoms with van der Waals surface area (Å²) in [6.07, 6.45) is 4.51. The molecule has 5 nitrogen and oxygen atoms in total. The second kappa shape index (κ2) is 4.02. The van der Waals surface area contributed by atoms with Crippen molar-refractivity contribution in [2.45, 2.75) is 18.9 Å². The molecule has 1 aromatic heterocycles. The fourth-order valence-corrected chi connectivity index (χ4v) is 1.94. The fraction of sp³-hybridized carbons (Fsp3) is 0.600. The van der Waals surface area contributed by atoms with E-state index in [1.807, 2.05) is 11.6 Å². The molecule has 0 aliphatic carbocycles. The van der Waals surface area contributed by atoms with E-state index in [4.69, 9.17) is 9.84 Å². The third-order valence-corrected chi connectivity index (χ3v) is 2.75. The molecule has 1 aromatic rings. The van der Waals surface area contributed by atoms with Crippen LogP contribution in [0, 0.1) is 5.92 Å². The number of ether oxygens (including phenoxy) is 1. The van der Waals surface area contributed by atoms with Gasteiger partial charge in [-0.25, -0.2) is 4.98 Å². The lowest BCUT2D eigenvalue weighted by Crippen LogP contribution is -2.30. The number of carboxylic acid groups (broad SMARTS) is 1. The van der Waals surface area contributed by atoms with Crippen molar-refractivity contribution in [3.63, 3.8) is 0 Å². The van der Waals surface area contributed by atoms with Gasteiger partial charge in [0.05, 0.1) is 5.92 Å². The zero-order valence-electron chi connectivity index (χ0n) is 8.59. The number of hydrogen-bond donors (Lipinski definition) is 1. The molecular formula is C10H14N2O3. The van der Waals surface area contributed by atoms with Gasteiger partial charge in [-0.3, -0.25) is 4.79 Å². The number of aliphatic carboxylic acids is 1. The molecule has 5 heteroatoms. The lowest BCUT2D eigenvalue weighted by molar-refractivity contribution is -0.152. The Morgan fingerprint density at radius 1 is 1.73 bits per heavy atom. The second-order valence-corrected chi connectivity index (χ2v) is 3.77. The van der Waals surface area contributed by atoms with Crippen LogP contribution in [-0.4, -0.2) is 27.2 Å². The maximum atomic E-state index is 11.1. The van der Waals surface area contributed by atoms with Crippen molar-refractivity contribution in [2.24, 2.45) is 13.0 Å². The fourth-order valence-electron chi connectivity index (χ4n) is 1.94. The van der Waals surface area contributed by atoms with Crippen LogP contribution in [-0.2, 0) is 16.6 Å². The largest absolute Gasteiger partial charge is 0.481 e. The van der Waals surface area contributed by atoms with Gasteiger partial charge < -0.3 is 14.4 Å². The first-order chi connectivity index (χ1) is 7.20. The molecule has 2 atom stereocenters. The first kappa shape index (κ1) is 10.2. The van der Waals surface area contributed by atoms with E-state index < -0.39 is 18.0 Å². The van der Waals surface area contributed by atoms with Gasteiger partial charge in [0.2, 0.25) is 0 Å². The van der Waals surface area contributed by atoms with E-state index in [-0.39, 0.29) is 0 Å². The van der Waals surface area contributed by atoms with Crippen LogP contribution in [0.1, 0.15) is 24.8 Å². The highest BCUT2D eigenvalue weighted by Gasteiger charge is 2.35. The third kappa shape index (κ3) is 1.87. The predicted octanol–water partition coefficient (Wildman–Crippen LogP) is 0.972. The molecule has 1 aliphatic heterocycles. The number of carboxylic acids is 1. The zero-order chi connectivity index (χ0) is 10.8. The lowest BCUT2D eigenvalue weighted by atomic mass is 9.94. The number of aromatic nitrogens is 2. The van der Waals surface area contributed by atoms with E-state index in [1.54, 1.807) is 12.4 Å². The summed E-state index contributed by atoms with van der Waals surface area (Å²) in [6, 6.07) is 0. The molecule has 1 aliphatic rings. The Bertz CT molecular complexity index is 361. The van der Waals surface area contributed by atoms with Crippen molar-refractivity contribution in [3.8, 4) is 0 Å². The highest BCUT2D eigenvalue weighted by atomic mass is 16.5. The zero-order valence-corrected chi connectivity index (χ0v) is 8.59. The topological polar surface area (TPSA) is 64.4 Å². The quantitative estimate of drug-likeness (QED) is 0.790. The van der Waals surface area contributed by atoms with E-state index in [0.29, 0.717) is 18.9 Å². The van der Waals surface area contributed by atoms with Gasteiger partial charge in [-0.2, -0.15) is 0 Å². The van der Waals surface area contributed by atoms with Crippen molar-refractivity contribution >= 4 is 5.97 Å². The van der Waals surface area contributed by atoms with Gasteiger partial charge in [0, 0.05) is 26.0 Å². The summed E-state index contributed by atoms with van der Waals surface area (Å²) in [5.74, 6) is -0.579. The van der Waals surface area contributed by atoms with Crippen LogP contribution in [0.4, 0.5) is 0 Å². The average Bonchev–Trinajstić information content (AvgIpc) is 2.64. The SMILES string of the molecule is Cn1ccnc1[C@@H]1OCCC[C@H]1C(=O)O. The first-order valence-corrected chi connectivity index (χ1v) is 5.02. The maximum Gasteiger partial charge on any atom is 0.309 e. The monoisotopic (exact) mass is 210 g/mol. The average molecular weight is 210 g/mol. The number of carbonyl (C=O) groups is 1. The van der Waals surface area contributed by atoms with Crippen LogP contribution < -0.4 is 0 Å². The molecule has 1 fully saturated rings. The lowest BCUT2D eigenvalue weighted by Gasteiger charge is -2.28. The molecule has 0 bridgehead atoms. The molecule has 0 spiro atoms. The standard InChI is InChI=1S/C10H14N2O3/c1-12-5-4-11-9(12)8-7(10(13)14)3-2-6-15-8/h4-5,7-8H,2-3,6H2,1H3,(H,13,14)/t7-,8-/m1/s1. The number of imidazole rings is 1. The Kier molecular flexibility index (Phi) is 2.73. The summed E-state index contributed by atoms with van der Waals surface area (Å²) in [5.41, 5.74) is 0. The summed E-state index contributed by atoms with van der Waals surface area (Å²) < 4.78 is 7.32. The van der Waals surface area contributed by atoms with Gasteiger partial charge >= 0.3 is 5.97 Å². The normalized spacial score (nSPS) is 26.5. The van der Waals surface area contributed by atoms with Gasteiger partial charge in [0.1, 0.15) is 11.9 Å². The molecule has 82 valence electrons. The van der Waals surface area contributed by atoms with Gasteiger partial charge in [0.25, 0.3) is 0 Å². The Morgan fingerprint density at radius 2 is 2.53 bits per heavy atom. The minimum Gasteiger partial charge on any atom is -0.481 e. The molecule has 0 aromatic carbocycles. The smallest absolute Gasteiger partial charge is 0.309 e. The van der Waals surface area contributed by atoms with E-state index in [2.05, 4.69) is 4.98 Å². The van der Waals surface area contributed by atoms with Crippen molar-refractivity contribution in [1.82, 2.24) is 9.55 Å². The molecule has 1 N–H and O–H groups in total. The summed E-state index contributed by atoms with van der Waals surface area (Å²) in [5, 5.41) is 9.08. The van der Waals surface area contributed by atoms with Crippen molar-refractivity contribution in [2.75, 3.05) is 6.61 Å². The summed E-state index contributed by atoms with van der Waals surface area (Å²) >= 11 is 0. The Balaban J connectivity index is 2.25. The van der Waals surface area contributed by atoms with E-state index in [9.17, 15) is 4.79 Å². The Labute approximate surface area is 87.7 Å². The van der Waals surface area contributed by atoms with Crippen molar-refractivity contribution < 1.29 is 14.6 Å². The van der Waals surface area contributed by atoms with Crippen molar-refractivity contribution in [1.29, 1.82) is 0 Å². The minimum absolute atomic E-state index is 0.406. The first-order valence-electron chi connectivity index (χ1n) is 5.02. The Morgan fingerprint density at radius 3 is 3.13 bits per heavy atom. The predicted molar refractivity (Wildman–Crippen MR) is 52.3 cm³/mol. The molecule has 2 rings (SSSR count). The van der Waals surface area contributed by atoms with Crippen LogP contribution in [0.5, 0.6) is 0 Å². The van der Waals surface area contributed by atoms with E-state index in [1.165, 1.54) is 0 Å². The summed E-state index contributed by atoms with van der Waals surface area (Å²) in [6.45, 7) is 0.612. The number of rotatable bonds is 2. The maximum absolute atomic E-state index is 11.1. The summed E-state index contributed by atoms with van der Waals surface area (Å²) in [7, 11) is 1.85. The summed E-state index contributed by atoms with van der Waals surface area (Å²) in [4.78, 5) is 15.2. The van der Waals surface area contributed by atoms with Gasteiger partial charge in [0.15, 0.2) is 0 Å². The van der Waals surface area contributed by atoms with E-state index >= 15 is 0 Å². The number of hydrogen-bond acceptors (Lipinski definition) is 3. The van der Waals surface area contributed by atoms with Crippen molar-refractivity contribution in [3.05, 3.63) is 18.2 Å². The van der Waals surface area contributed by atoms with Crippen LogP contribution in [0.15, 0.2) is 12.4 Å². The van der Waals surface area contributed by atoms with Crippen LogP contribution in [0.3, 0.4) is 0 Å². The second-order valence-electron chi connectivity index (χ2n) is 3.77. The van der Waals surface area contributed by atoms with Crippen LogP contribution >= 0.6 is 0 Å². The minimum atomic E-state index is -0.803. The molecule has 0 saturated carbocycles. The number of nitrogens with zero attached hydrogens (tertiary/aromatic N) is 2.